The Hall–Kier alpha value is -1.72. The highest BCUT2D eigenvalue weighted by Gasteiger charge is 2.19. The lowest BCUT2D eigenvalue weighted by Gasteiger charge is -2.11. The Morgan fingerprint density at radius 1 is 1.47 bits per heavy atom. The summed E-state index contributed by atoms with van der Waals surface area (Å²) in [5.74, 6) is -0.619. The number of hydrogen-bond acceptors (Lipinski definition) is 4. The maximum absolute atomic E-state index is 12.7. The number of halogens is 2. The molecule has 0 aliphatic heterocycles. The van der Waals surface area contributed by atoms with Gasteiger partial charge in [0.2, 0.25) is 5.88 Å². The molecule has 0 aliphatic carbocycles. The lowest BCUT2D eigenvalue weighted by atomic mass is 10.1. The van der Waals surface area contributed by atoms with E-state index in [9.17, 15) is 13.6 Å². The molecule has 0 unspecified atom stereocenters. The normalized spacial score (nSPS) is 10.5. The molecule has 0 fully saturated rings. The smallest absolute Gasteiger partial charge is 0.310 e. The molecule has 94 valence electrons. The summed E-state index contributed by atoms with van der Waals surface area (Å²) < 4.78 is 34.7. The Bertz CT molecular complexity index is 421. The molecular weight excluding hydrogens is 232 g/mol. The van der Waals surface area contributed by atoms with Crippen molar-refractivity contribution in [1.82, 2.24) is 4.98 Å². The average Bonchev–Trinajstić information content (AvgIpc) is 2.30. The summed E-state index contributed by atoms with van der Waals surface area (Å²) in [6.07, 6.45) is -2.78. The molecule has 4 nitrogen and oxygen atoms in total. The van der Waals surface area contributed by atoms with E-state index in [1.165, 1.54) is 20.3 Å². The number of alkyl halides is 2. The summed E-state index contributed by atoms with van der Waals surface area (Å²) in [5, 5.41) is 0. The van der Waals surface area contributed by atoms with Crippen molar-refractivity contribution in [3.05, 3.63) is 22.9 Å². The third-order valence-corrected chi connectivity index (χ3v) is 2.30. The molecule has 0 N–H and O–H groups in total. The van der Waals surface area contributed by atoms with Crippen molar-refractivity contribution in [2.75, 3.05) is 14.2 Å². The zero-order valence-electron chi connectivity index (χ0n) is 9.79. The number of hydrogen-bond donors (Lipinski definition) is 0. The summed E-state index contributed by atoms with van der Waals surface area (Å²) in [4.78, 5) is 15.0. The lowest BCUT2D eigenvalue weighted by molar-refractivity contribution is -0.139. The van der Waals surface area contributed by atoms with Crippen LogP contribution in [0.4, 0.5) is 8.78 Å². The zero-order chi connectivity index (χ0) is 13.0. The Kier molecular flexibility index (Phi) is 4.37. The predicted molar refractivity (Wildman–Crippen MR) is 56.2 cm³/mol. The van der Waals surface area contributed by atoms with Crippen molar-refractivity contribution in [1.29, 1.82) is 0 Å². The first kappa shape index (κ1) is 13.3. The van der Waals surface area contributed by atoms with Gasteiger partial charge in [-0.05, 0) is 18.6 Å². The topological polar surface area (TPSA) is 48.4 Å². The second kappa shape index (κ2) is 5.56. The van der Waals surface area contributed by atoms with Crippen LogP contribution >= 0.6 is 0 Å². The van der Waals surface area contributed by atoms with Crippen molar-refractivity contribution in [2.45, 2.75) is 19.8 Å². The quantitative estimate of drug-likeness (QED) is 0.762. The first-order valence-corrected chi connectivity index (χ1v) is 4.89. The van der Waals surface area contributed by atoms with Gasteiger partial charge in [0.05, 0.1) is 26.2 Å². The van der Waals surface area contributed by atoms with Crippen LogP contribution in [-0.2, 0) is 16.0 Å². The van der Waals surface area contributed by atoms with E-state index < -0.39 is 12.4 Å². The number of pyridine rings is 1. The zero-order valence-corrected chi connectivity index (χ0v) is 9.79. The van der Waals surface area contributed by atoms with Gasteiger partial charge in [-0.15, -0.1) is 0 Å². The van der Waals surface area contributed by atoms with Gasteiger partial charge in [0, 0.05) is 5.69 Å². The molecular formula is C11H13F2NO3. The third kappa shape index (κ3) is 3.12. The predicted octanol–water partition coefficient (Wildman–Crippen LogP) is 2.05. The van der Waals surface area contributed by atoms with Crippen LogP contribution in [0.25, 0.3) is 0 Å². The molecule has 0 saturated heterocycles. The molecule has 1 rings (SSSR count). The highest BCUT2D eigenvalue weighted by molar-refractivity contribution is 5.72. The molecule has 1 aromatic heterocycles. The Morgan fingerprint density at radius 2 is 2.12 bits per heavy atom. The number of carbonyl (C=O) groups is 1. The molecule has 0 saturated carbocycles. The van der Waals surface area contributed by atoms with Crippen molar-refractivity contribution in [2.24, 2.45) is 0 Å². The van der Waals surface area contributed by atoms with Crippen LogP contribution in [0.15, 0.2) is 6.07 Å². The van der Waals surface area contributed by atoms with E-state index >= 15 is 0 Å². The van der Waals surface area contributed by atoms with Gasteiger partial charge >= 0.3 is 5.97 Å². The first-order valence-electron chi connectivity index (χ1n) is 4.89. The highest BCUT2D eigenvalue weighted by atomic mass is 19.3. The molecule has 17 heavy (non-hydrogen) atoms. The summed E-state index contributed by atoms with van der Waals surface area (Å²) in [7, 11) is 2.51. The summed E-state index contributed by atoms with van der Waals surface area (Å²) >= 11 is 0. The Labute approximate surface area is 97.6 Å². The van der Waals surface area contributed by atoms with E-state index in [-0.39, 0.29) is 17.9 Å². The molecule has 0 atom stereocenters. The van der Waals surface area contributed by atoms with Crippen LogP contribution in [0.1, 0.15) is 23.2 Å². The SMILES string of the molecule is COC(=O)Cc1cc(C(F)F)c(OC)nc1C. The number of aryl methyl sites for hydroxylation is 1. The second-order valence-corrected chi connectivity index (χ2v) is 3.39. The van der Waals surface area contributed by atoms with Crippen molar-refractivity contribution in [3.8, 4) is 5.88 Å². The third-order valence-electron chi connectivity index (χ3n) is 2.30. The lowest BCUT2D eigenvalue weighted by Crippen LogP contribution is -2.08. The minimum Gasteiger partial charge on any atom is -0.481 e. The van der Waals surface area contributed by atoms with Gasteiger partial charge in [-0.1, -0.05) is 0 Å². The number of rotatable bonds is 4. The maximum Gasteiger partial charge on any atom is 0.310 e. The number of nitrogens with zero attached hydrogens (tertiary/aromatic N) is 1. The standard InChI is InChI=1S/C11H13F2NO3/c1-6-7(5-9(15)16-2)4-8(10(12)13)11(14-6)17-3/h4,10H,5H2,1-3H3. The minimum absolute atomic E-state index is 0.0843. The van der Waals surface area contributed by atoms with E-state index in [2.05, 4.69) is 9.72 Å². The van der Waals surface area contributed by atoms with E-state index in [1.807, 2.05) is 0 Å². The van der Waals surface area contributed by atoms with Crippen molar-refractivity contribution < 1.29 is 23.0 Å². The molecule has 1 aromatic rings. The molecule has 6 heteroatoms. The van der Waals surface area contributed by atoms with Gasteiger partial charge in [-0.2, -0.15) is 0 Å². The number of aromatic nitrogens is 1. The van der Waals surface area contributed by atoms with Crippen LogP contribution in [0.2, 0.25) is 0 Å². The van der Waals surface area contributed by atoms with Crippen molar-refractivity contribution >= 4 is 5.97 Å². The van der Waals surface area contributed by atoms with Gasteiger partial charge < -0.3 is 9.47 Å². The van der Waals surface area contributed by atoms with Crippen LogP contribution < -0.4 is 4.74 Å². The van der Waals surface area contributed by atoms with E-state index in [0.29, 0.717) is 11.3 Å². The van der Waals surface area contributed by atoms with Crippen LogP contribution in [-0.4, -0.2) is 25.2 Å². The van der Waals surface area contributed by atoms with Crippen LogP contribution in [0.5, 0.6) is 5.88 Å². The van der Waals surface area contributed by atoms with Gasteiger partial charge in [0.15, 0.2) is 0 Å². The second-order valence-electron chi connectivity index (χ2n) is 3.39. The summed E-state index contributed by atoms with van der Waals surface area (Å²) in [5.41, 5.74) is 0.557. The largest absolute Gasteiger partial charge is 0.481 e. The summed E-state index contributed by atoms with van der Waals surface area (Å²) in [6.45, 7) is 1.62. The fraction of sp³-hybridized carbons (Fsp3) is 0.455. The van der Waals surface area contributed by atoms with E-state index in [0.717, 1.165) is 0 Å². The molecule has 0 aliphatic rings. The van der Waals surface area contributed by atoms with Crippen molar-refractivity contribution in [3.63, 3.8) is 0 Å². The van der Waals surface area contributed by atoms with E-state index in [4.69, 9.17) is 4.74 Å². The Morgan fingerprint density at radius 3 is 2.59 bits per heavy atom. The molecule has 1 heterocycles. The molecule has 0 aromatic carbocycles. The maximum atomic E-state index is 12.7. The number of ether oxygens (including phenoxy) is 2. The van der Waals surface area contributed by atoms with E-state index in [1.54, 1.807) is 6.92 Å². The van der Waals surface area contributed by atoms with Gasteiger partial charge in [-0.25, -0.2) is 13.8 Å². The number of carbonyl (C=O) groups excluding carboxylic acids is 1. The molecule has 0 radical (unpaired) electrons. The Balaban J connectivity index is 3.15. The highest BCUT2D eigenvalue weighted by Crippen LogP contribution is 2.29. The van der Waals surface area contributed by atoms with Gasteiger partial charge in [-0.3, -0.25) is 4.79 Å². The molecule has 0 amide bonds. The van der Waals surface area contributed by atoms with Crippen LogP contribution in [0.3, 0.4) is 0 Å². The fourth-order valence-electron chi connectivity index (χ4n) is 1.37. The first-order chi connectivity index (χ1) is 7.99. The molecule has 0 spiro atoms. The van der Waals surface area contributed by atoms with Crippen LogP contribution in [0, 0.1) is 6.92 Å². The summed E-state index contributed by atoms with van der Waals surface area (Å²) in [6, 6.07) is 1.22. The monoisotopic (exact) mass is 245 g/mol. The average molecular weight is 245 g/mol. The van der Waals surface area contributed by atoms with Gasteiger partial charge in [0.25, 0.3) is 6.43 Å². The molecule has 0 bridgehead atoms. The number of methoxy groups -OCH3 is 2. The van der Waals surface area contributed by atoms with Gasteiger partial charge in [0.1, 0.15) is 0 Å². The fourth-order valence-corrected chi connectivity index (χ4v) is 1.37. The number of esters is 1. The minimum atomic E-state index is -2.70.